The third-order valence-corrected chi connectivity index (χ3v) is 3.18. The van der Waals surface area contributed by atoms with E-state index in [4.69, 9.17) is 16.3 Å². The van der Waals surface area contributed by atoms with E-state index in [0.717, 1.165) is 5.56 Å². The van der Waals surface area contributed by atoms with Gasteiger partial charge >= 0.3 is 5.97 Å². The van der Waals surface area contributed by atoms with Crippen molar-refractivity contribution in [2.24, 2.45) is 0 Å². The van der Waals surface area contributed by atoms with Gasteiger partial charge in [-0.2, -0.15) is 0 Å². The highest BCUT2D eigenvalue weighted by Crippen LogP contribution is 2.11. The van der Waals surface area contributed by atoms with Crippen LogP contribution in [0.3, 0.4) is 0 Å². The molecule has 0 aliphatic heterocycles. The van der Waals surface area contributed by atoms with Crippen LogP contribution in [0.15, 0.2) is 48.7 Å². The smallest absolute Gasteiger partial charge is 0.357 e. The van der Waals surface area contributed by atoms with Gasteiger partial charge in [0.15, 0.2) is 6.61 Å². The number of pyridine rings is 1. The number of benzene rings is 1. The van der Waals surface area contributed by atoms with E-state index in [1.807, 2.05) is 37.3 Å². The van der Waals surface area contributed by atoms with Gasteiger partial charge in [0.1, 0.15) is 5.69 Å². The lowest BCUT2D eigenvalue weighted by atomic mass is 10.1. The third-order valence-electron chi connectivity index (χ3n) is 2.94. The summed E-state index contributed by atoms with van der Waals surface area (Å²) in [6.07, 6.45) is 1.40. The Hall–Kier alpha value is -2.40. The summed E-state index contributed by atoms with van der Waals surface area (Å²) < 4.78 is 4.91. The van der Waals surface area contributed by atoms with E-state index in [9.17, 15) is 9.59 Å². The Kier molecular flexibility index (Phi) is 5.49. The quantitative estimate of drug-likeness (QED) is 0.861. The molecule has 0 radical (unpaired) electrons. The Bertz CT molecular complexity index is 661. The van der Waals surface area contributed by atoms with Crippen LogP contribution in [0.25, 0.3) is 0 Å². The number of hydrogen-bond donors (Lipinski definition) is 1. The van der Waals surface area contributed by atoms with Crippen LogP contribution in [0.5, 0.6) is 0 Å². The maximum Gasteiger partial charge on any atom is 0.357 e. The number of carbonyl (C=O) groups excluding carboxylic acids is 2. The van der Waals surface area contributed by atoms with Crippen LogP contribution in [-0.2, 0) is 9.53 Å². The molecule has 6 heteroatoms. The van der Waals surface area contributed by atoms with Gasteiger partial charge in [-0.05, 0) is 24.6 Å². The van der Waals surface area contributed by atoms with Gasteiger partial charge in [0.05, 0.1) is 6.04 Å². The van der Waals surface area contributed by atoms with Gasteiger partial charge in [-0.25, -0.2) is 9.78 Å². The predicted molar refractivity (Wildman–Crippen MR) is 82.5 cm³/mol. The number of halogens is 1. The van der Waals surface area contributed by atoms with Gasteiger partial charge in [0, 0.05) is 11.2 Å². The first kappa shape index (κ1) is 16.0. The Morgan fingerprint density at radius 1 is 1.27 bits per heavy atom. The second kappa shape index (κ2) is 7.56. The molecule has 1 N–H and O–H groups in total. The molecule has 2 aromatic rings. The number of esters is 1. The molecule has 5 nitrogen and oxygen atoms in total. The summed E-state index contributed by atoms with van der Waals surface area (Å²) in [5.74, 6) is -1.07. The Morgan fingerprint density at radius 3 is 2.68 bits per heavy atom. The van der Waals surface area contributed by atoms with Crippen molar-refractivity contribution >= 4 is 23.5 Å². The molecule has 22 heavy (non-hydrogen) atoms. The number of rotatable bonds is 5. The summed E-state index contributed by atoms with van der Waals surface area (Å²) in [6.45, 7) is 1.48. The van der Waals surface area contributed by atoms with Crippen molar-refractivity contribution in [2.45, 2.75) is 13.0 Å². The highest BCUT2D eigenvalue weighted by molar-refractivity contribution is 6.30. The zero-order chi connectivity index (χ0) is 15.9. The van der Waals surface area contributed by atoms with Crippen LogP contribution in [0.4, 0.5) is 0 Å². The number of hydrogen-bond acceptors (Lipinski definition) is 4. The average Bonchev–Trinajstić information content (AvgIpc) is 2.53. The van der Waals surface area contributed by atoms with Crippen LogP contribution >= 0.6 is 11.6 Å². The molecule has 2 rings (SSSR count). The first-order chi connectivity index (χ1) is 10.6. The molecule has 1 atom stereocenters. The molecular formula is C16H15ClN2O3. The molecule has 1 aromatic heterocycles. The topological polar surface area (TPSA) is 68.3 Å². The van der Waals surface area contributed by atoms with Crippen LogP contribution in [0.2, 0.25) is 5.02 Å². The van der Waals surface area contributed by atoms with Gasteiger partial charge in [0.2, 0.25) is 0 Å². The summed E-state index contributed by atoms with van der Waals surface area (Å²) in [5, 5.41) is 3.13. The second-order valence-electron chi connectivity index (χ2n) is 4.64. The van der Waals surface area contributed by atoms with E-state index in [2.05, 4.69) is 10.3 Å². The summed E-state index contributed by atoms with van der Waals surface area (Å²) in [6, 6.07) is 12.3. The standard InChI is InChI=1S/C16H15ClN2O3/c1-11(12-5-3-2-4-6-12)19-15(20)10-22-16(21)14-9-13(17)7-8-18-14/h2-9,11H,10H2,1H3,(H,19,20)/t11-/m1/s1. The minimum absolute atomic E-state index is 0.0661. The summed E-state index contributed by atoms with van der Waals surface area (Å²) in [5.41, 5.74) is 1.04. The zero-order valence-electron chi connectivity index (χ0n) is 12.0. The number of nitrogens with one attached hydrogen (secondary N) is 1. The highest BCUT2D eigenvalue weighted by Gasteiger charge is 2.14. The van der Waals surface area contributed by atoms with Crippen molar-refractivity contribution in [1.29, 1.82) is 0 Å². The fourth-order valence-electron chi connectivity index (χ4n) is 1.83. The maximum atomic E-state index is 11.8. The number of carbonyl (C=O) groups is 2. The first-order valence-electron chi connectivity index (χ1n) is 6.69. The maximum absolute atomic E-state index is 11.8. The molecule has 0 aliphatic rings. The molecule has 0 aliphatic carbocycles. The van der Waals surface area contributed by atoms with E-state index in [0.29, 0.717) is 5.02 Å². The molecule has 0 saturated carbocycles. The molecule has 0 bridgehead atoms. The van der Waals surface area contributed by atoms with Crippen molar-refractivity contribution < 1.29 is 14.3 Å². The predicted octanol–water partition coefficient (Wildman–Crippen LogP) is 2.77. The summed E-state index contributed by atoms with van der Waals surface area (Å²) in [7, 11) is 0. The minimum Gasteiger partial charge on any atom is -0.451 e. The van der Waals surface area contributed by atoms with Gasteiger partial charge in [-0.15, -0.1) is 0 Å². The van der Waals surface area contributed by atoms with Crippen molar-refractivity contribution in [3.8, 4) is 0 Å². The van der Waals surface area contributed by atoms with Crippen LogP contribution < -0.4 is 5.32 Å². The summed E-state index contributed by atoms with van der Waals surface area (Å²) >= 11 is 5.76. The molecule has 0 unspecified atom stereocenters. The lowest BCUT2D eigenvalue weighted by Gasteiger charge is -2.14. The largest absolute Gasteiger partial charge is 0.451 e. The number of nitrogens with zero attached hydrogens (tertiary/aromatic N) is 1. The zero-order valence-corrected chi connectivity index (χ0v) is 12.7. The van der Waals surface area contributed by atoms with Crippen LogP contribution in [0.1, 0.15) is 29.0 Å². The fourth-order valence-corrected chi connectivity index (χ4v) is 1.99. The third kappa shape index (κ3) is 4.56. The SMILES string of the molecule is C[C@@H](NC(=O)COC(=O)c1cc(Cl)ccn1)c1ccccc1. The van der Waals surface area contributed by atoms with Crippen molar-refractivity contribution in [3.63, 3.8) is 0 Å². The van der Waals surface area contributed by atoms with Crippen molar-refractivity contribution in [1.82, 2.24) is 10.3 Å². The van der Waals surface area contributed by atoms with E-state index in [1.54, 1.807) is 6.07 Å². The minimum atomic E-state index is -0.690. The van der Waals surface area contributed by atoms with Crippen LogP contribution in [0, 0.1) is 0 Å². The van der Waals surface area contributed by atoms with Gasteiger partial charge in [-0.3, -0.25) is 4.79 Å². The normalized spacial score (nSPS) is 11.5. The van der Waals surface area contributed by atoms with E-state index in [-0.39, 0.29) is 24.2 Å². The monoisotopic (exact) mass is 318 g/mol. The Morgan fingerprint density at radius 2 is 2.00 bits per heavy atom. The fraction of sp³-hybridized carbons (Fsp3) is 0.188. The molecule has 1 aromatic carbocycles. The number of ether oxygens (including phenoxy) is 1. The van der Waals surface area contributed by atoms with Gasteiger partial charge in [0.25, 0.3) is 5.91 Å². The number of aromatic nitrogens is 1. The molecule has 0 spiro atoms. The van der Waals surface area contributed by atoms with Gasteiger partial charge in [-0.1, -0.05) is 41.9 Å². The molecule has 0 fully saturated rings. The molecule has 1 heterocycles. The summed E-state index contributed by atoms with van der Waals surface area (Å²) in [4.78, 5) is 27.4. The number of amides is 1. The first-order valence-corrected chi connectivity index (χ1v) is 7.07. The van der Waals surface area contributed by atoms with E-state index < -0.39 is 5.97 Å². The van der Waals surface area contributed by atoms with Crippen molar-refractivity contribution in [3.05, 3.63) is 64.9 Å². The lowest BCUT2D eigenvalue weighted by molar-refractivity contribution is -0.124. The molecule has 1 amide bonds. The molecule has 0 saturated heterocycles. The van der Waals surface area contributed by atoms with E-state index in [1.165, 1.54) is 12.3 Å². The van der Waals surface area contributed by atoms with Crippen molar-refractivity contribution in [2.75, 3.05) is 6.61 Å². The van der Waals surface area contributed by atoms with Crippen LogP contribution in [-0.4, -0.2) is 23.5 Å². The molecule has 114 valence electrons. The Labute approximate surface area is 133 Å². The second-order valence-corrected chi connectivity index (χ2v) is 5.07. The average molecular weight is 319 g/mol. The Balaban J connectivity index is 1.84. The lowest BCUT2D eigenvalue weighted by Crippen LogP contribution is -2.31. The highest BCUT2D eigenvalue weighted by atomic mass is 35.5. The molecular weight excluding hydrogens is 304 g/mol. The van der Waals surface area contributed by atoms with E-state index >= 15 is 0 Å². The van der Waals surface area contributed by atoms with Gasteiger partial charge < -0.3 is 10.1 Å².